The second-order valence-electron chi connectivity index (χ2n) is 4.73. The lowest BCUT2D eigenvalue weighted by atomic mass is 10.2. The molecule has 0 aliphatic heterocycles. The standard InChI is InChI=1S/C15H11Cl2N5O/c16-11-6-4-10(5-7-11)15-19-20-21-22(15)9-14(23)18-13-3-1-2-12(17)8-13/h1-8H,9H2,(H,18,23). The van der Waals surface area contributed by atoms with Gasteiger partial charge < -0.3 is 5.32 Å². The molecule has 3 aromatic rings. The minimum atomic E-state index is -0.255. The van der Waals surface area contributed by atoms with Crippen LogP contribution in [0.15, 0.2) is 48.5 Å². The fourth-order valence-corrected chi connectivity index (χ4v) is 2.34. The molecule has 1 aromatic heterocycles. The molecule has 8 heteroatoms. The van der Waals surface area contributed by atoms with Crippen LogP contribution < -0.4 is 5.32 Å². The van der Waals surface area contributed by atoms with Gasteiger partial charge in [0, 0.05) is 21.3 Å². The van der Waals surface area contributed by atoms with Crippen LogP contribution in [0.25, 0.3) is 11.4 Å². The Morgan fingerprint density at radius 3 is 2.61 bits per heavy atom. The molecular weight excluding hydrogens is 337 g/mol. The summed E-state index contributed by atoms with van der Waals surface area (Å²) in [5, 5.41) is 15.3. The molecule has 0 aliphatic rings. The highest BCUT2D eigenvalue weighted by atomic mass is 35.5. The van der Waals surface area contributed by atoms with Gasteiger partial charge in [-0.25, -0.2) is 4.68 Å². The largest absolute Gasteiger partial charge is 0.324 e. The number of hydrogen-bond acceptors (Lipinski definition) is 4. The van der Waals surface area contributed by atoms with Crippen molar-refractivity contribution in [2.75, 3.05) is 5.32 Å². The van der Waals surface area contributed by atoms with Crippen LogP contribution in [0.1, 0.15) is 0 Å². The Morgan fingerprint density at radius 2 is 1.87 bits per heavy atom. The number of anilines is 1. The molecule has 116 valence electrons. The number of aromatic nitrogens is 4. The predicted octanol–water partition coefficient (Wildman–Crippen LogP) is 3.29. The molecule has 0 atom stereocenters. The van der Waals surface area contributed by atoms with Gasteiger partial charge in [-0.1, -0.05) is 29.3 Å². The number of tetrazole rings is 1. The number of carbonyl (C=O) groups is 1. The molecule has 23 heavy (non-hydrogen) atoms. The lowest BCUT2D eigenvalue weighted by Gasteiger charge is -2.07. The number of halogens is 2. The van der Waals surface area contributed by atoms with Crippen LogP contribution in [-0.4, -0.2) is 26.1 Å². The molecule has 0 radical (unpaired) electrons. The molecule has 2 aromatic carbocycles. The topological polar surface area (TPSA) is 72.7 Å². The molecule has 1 heterocycles. The Balaban J connectivity index is 1.75. The molecular formula is C15H11Cl2N5O. The summed E-state index contributed by atoms with van der Waals surface area (Å²) in [6.07, 6.45) is 0. The molecule has 0 fully saturated rings. The molecule has 1 N–H and O–H groups in total. The summed E-state index contributed by atoms with van der Waals surface area (Å²) in [4.78, 5) is 12.1. The number of benzene rings is 2. The van der Waals surface area contributed by atoms with Crippen molar-refractivity contribution in [3.05, 3.63) is 58.6 Å². The second-order valence-corrected chi connectivity index (χ2v) is 5.60. The van der Waals surface area contributed by atoms with Crippen molar-refractivity contribution in [1.29, 1.82) is 0 Å². The Hall–Kier alpha value is -2.44. The van der Waals surface area contributed by atoms with E-state index in [0.29, 0.717) is 21.6 Å². The normalized spacial score (nSPS) is 10.5. The van der Waals surface area contributed by atoms with Crippen molar-refractivity contribution in [1.82, 2.24) is 20.2 Å². The number of nitrogens with zero attached hydrogens (tertiary/aromatic N) is 4. The van der Waals surface area contributed by atoms with E-state index in [1.54, 1.807) is 48.5 Å². The predicted molar refractivity (Wildman–Crippen MR) is 88.3 cm³/mol. The minimum absolute atomic E-state index is 0.0164. The van der Waals surface area contributed by atoms with Crippen molar-refractivity contribution in [3.8, 4) is 11.4 Å². The highest BCUT2D eigenvalue weighted by Gasteiger charge is 2.12. The van der Waals surface area contributed by atoms with Gasteiger partial charge in [-0.15, -0.1) is 5.10 Å². The van der Waals surface area contributed by atoms with Gasteiger partial charge in [-0.2, -0.15) is 0 Å². The zero-order chi connectivity index (χ0) is 16.2. The quantitative estimate of drug-likeness (QED) is 0.785. The van der Waals surface area contributed by atoms with E-state index in [4.69, 9.17) is 23.2 Å². The van der Waals surface area contributed by atoms with Crippen LogP contribution in [0, 0.1) is 0 Å². The molecule has 0 saturated carbocycles. The van der Waals surface area contributed by atoms with Gasteiger partial charge in [0.1, 0.15) is 6.54 Å². The Labute approximate surface area is 142 Å². The molecule has 0 unspecified atom stereocenters. The van der Waals surface area contributed by atoms with Gasteiger partial charge in [0.05, 0.1) is 0 Å². The van der Waals surface area contributed by atoms with Gasteiger partial charge in [-0.05, 0) is 52.9 Å². The summed E-state index contributed by atoms with van der Waals surface area (Å²) in [6.45, 7) is -0.0164. The van der Waals surface area contributed by atoms with E-state index >= 15 is 0 Å². The van der Waals surface area contributed by atoms with Gasteiger partial charge in [0.15, 0.2) is 5.82 Å². The Morgan fingerprint density at radius 1 is 1.09 bits per heavy atom. The van der Waals surface area contributed by atoms with E-state index in [1.165, 1.54) is 4.68 Å². The zero-order valence-electron chi connectivity index (χ0n) is 11.8. The van der Waals surface area contributed by atoms with Crippen molar-refractivity contribution in [2.45, 2.75) is 6.54 Å². The SMILES string of the molecule is O=C(Cn1nnnc1-c1ccc(Cl)cc1)Nc1cccc(Cl)c1. The van der Waals surface area contributed by atoms with Crippen LogP contribution in [0.3, 0.4) is 0 Å². The average Bonchev–Trinajstić information content (AvgIpc) is 2.96. The third-order valence-electron chi connectivity index (χ3n) is 3.04. The lowest BCUT2D eigenvalue weighted by molar-refractivity contribution is -0.116. The maximum Gasteiger partial charge on any atom is 0.246 e. The Kier molecular flexibility index (Phi) is 4.55. The van der Waals surface area contributed by atoms with E-state index in [-0.39, 0.29) is 12.5 Å². The number of carbonyl (C=O) groups excluding carboxylic acids is 1. The van der Waals surface area contributed by atoms with E-state index in [9.17, 15) is 4.79 Å². The van der Waals surface area contributed by atoms with Gasteiger partial charge in [0.25, 0.3) is 0 Å². The minimum Gasteiger partial charge on any atom is -0.324 e. The summed E-state index contributed by atoms with van der Waals surface area (Å²) in [6, 6.07) is 14.0. The van der Waals surface area contributed by atoms with E-state index in [1.807, 2.05) is 0 Å². The van der Waals surface area contributed by atoms with Gasteiger partial charge in [0.2, 0.25) is 5.91 Å². The van der Waals surface area contributed by atoms with Crippen molar-refractivity contribution in [2.24, 2.45) is 0 Å². The van der Waals surface area contributed by atoms with Crippen molar-refractivity contribution >= 4 is 34.8 Å². The third kappa shape index (κ3) is 3.85. The third-order valence-corrected chi connectivity index (χ3v) is 3.52. The van der Waals surface area contributed by atoms with E-state index in [0.717, 1.165) is 5.56 Å². The van der Waals surface area contributed by atoms with Crippen LogP contribution in [0.2, 0.25) is 10.0 Å². The molecule has 0 spiro atoms. The first-order chi connectivity index (χ1) is 11.1. The van der Waals surface area contributed by atoms with Crippen molar-refractivity contribution in [3.63, 3.8) is 0 Å². The van der Waals surface area contributed by atoms with Gasteiger partial charge >= 0.3 is 0 Å². The first-order valence-electron chi connectivity index (χ1n) is 6.69. The first kappa shape index (κ1) is 15.5. The number of nitrogens with one attached hydrogen (secondary N) is 1. The number of rotatable bonds is 4. The summed E-state index contributed by atoms with van der Waals surface area (Å²) in [5.41, 5.74) is 1.39. The smallest absolute Gasteiger partial charge is 0.246 e. The van der Waals surface area contributed by atoms with Gasteiger partial charge in [-0.3, -0.25) is 4.79 Å². The highest BCUT2D eigenvalue weighted by molar-refractivity contribution is 6.31. The monoisotopic (exact) mass is 347 g/mol. The van der Waals surface area contributed by atoms with Crippen LogP contribution >= 0.6 is 23.2 Å². The summed E-state index contributed by atoms with van der Waals surface area (Å²) in [5.74, 6) is 0.234. The molecule has 3 rings (SSSR count). The van der Waals surface area contributed by atoms with E-state index in [2.05, 4.69) is 20.8 Å². The molecule has 0 bridgehead atoms. The van der Waals surface area contributed by atoms with E-state index < -0.39 is 0 Å². The summed E-state index contributed by atoms with van der Waals surface area (Å²) < 4.78 is 1.42. The molecule has 6 nitrogen and oxygen atoms in total. The summed E-state index contributed by atoms with van der Waals surface area (Å²) in [7, 11) is 0. The Bertz CT molecular complexity index is 832. The van der Waals surface area contributed by atoms with Crippen LogP contribution in [-0.2, 0) is 11.3 Å². The maximum atomic E-state index is 12.1. The fraction of sp³-hybridized carbons (Fsp3) is 0.0667. The average molecular weight is 348 g/mol. The van der Waals surface area contributed by atoms with Crippen molar-refractivity contribution < 1.29 is 4.79 Å². The zero-order valence-corrected chi connectivity index (χ0v) is 13.3. The number of amides is 1. The highest BCUT2D eigenvalue weighted by Crippen LogP contribution is 2.19. The molecule has 0 aliphatic carbocycles. The summed E-state index contributed by atoms with van der Waals surface area (Å²) >= 11 is 11.8. The first-order valence-corrected chi connectivity index (χ1v) is 7.45. The van der Waals surface area contributed by atoms with Crippen LogP contribution in [0.5, 0.6) is 0 Å². The maximum absolute atomic E-state index is 12.1. The van der Waals surface area contributed by atoms with Crippen LogP contribution in [0.4, 0.5) is 5.69 Å². The molecule has 1 amide bonds. The number of hydrogen-bond donors (Lipinski definition) is 1. The fourth-order valence-electron chi connectivity index (χ4n) is 2.02. The lowest BCUT2D eigenvalue weighted by Crippen LogP contribution is -2.20. The molecule has 0 saturated heterocycles. The second kappa shape index (κ2) is 6.76.